The Bertz CT molecular complexity index is 963. The highest BCUT2D eigenvalue weighted by Gasteiger charge is 2.23. The maximum atomic E-state index is 12.4. The summed E-state index contributed by atoms with van der Waals surface area (Å²) in [5, 5.41) is 10.0. The number of nitrogens with zero attached hydrogens (tertiary/aromatic N) is 3. The lowest BCUT2D eigenvalue weighted by atomic mass is 10.2. The van der Waals surface area contributed by atoms with E-state index in [0.29, 0.717) is 17.3 Å². The molecular weight excluding hydrogens is 342 g/mol. The number of hydrogen-bond acceptors (Lipinski definition) is 4. The molecule has 136 valence electrons. The Labute approximate surface area is 156 Å². The van der Waals surface area contributed by atoms with Crippen molar-refractivity contribution in [1.82, 2.24) is 20.1 Å². The van der Waals surface area contributed by atoms with Crippen LogP contribution >= 0.6 is 0 Å². The van der Waals surface area contributed by atoms with Gasteiger partial charge in [-0.25, -0.2) is 0 Å². The van der Waals surface area contributed by atoms with Crippen molar-refractivity contribution in [2.45, 2.75) is 25.4 Å². The molecule has 4 rings (SSSR count). The molecule has 0 atom stereocenters. The number of benzene rings is 1. The van der Waals surface area contributed by atoms with Gasteiger partial charge in [-0.2, -0.15) is 5.10 Å². The molecule has 1 aliphatic rings. The smallest absolute Gasteiger partial charge is 0.251 e. The highest BCUT2D eigenvalue weighted by atomic mass is 16.2. The topological polar surface area (TPSA) is 88.9 Å². The van der Waals surface area contributed by atoms with Gasteiger partial charge in [-0.1, -0.05) is 6.07 Å². The molecule has 2 N–H and O–H groups in total. The van der Waals surface area contributed by atoms with Gasteiger partial charge in [-0.3, -0.25) is 19.3 Å². The molecule has 0 saturated heterocycles. The number of nitrogens with one attached hydrogen (secondary N) is 2. The molecule has 0 unspecified atom stereocenters. The van der Waals surface area contributed by atoms with Crippen molar-refractivity contribution in [2.24, 2.45) is 0 Å². The average molecular weight is 361 g/mol. The average Bonchev–Trinajstić information content (AvgIpc) is 3.38. The fourth-order valence-corrected chi connectivity index (χ4v) is 2.80. The Balaban J connectivity index is 1.43. The zero-order chi connectivity index (χ0) is 18.6. The summed E-state index contributed by atoms with van der Waals surface area (Å²) in [6.45, 7) is 0.0726. The summed E-state index contributed by atoms with van der Waals surface area (Å²) in [5.41, 5.74) is 2.90. The first-order valence-electron chi connectivity index (χ1n) is 8.82. The van der Waals surface area contributed by atoms with Gasteiger partial charge < -0.3 is 10.6 Å². The fourth-order valence-electron chi connectivity index (χ4n) is 2.80. The second-order valence-corrected chi connectivity index (χ2v) is 6.49. The molecule has 0 spiro atoms. The van der Waals surface area contributed by atoms with Crippen molar-refractivity contribution in [3.8, 4) is 11.3 Å². The van der Waals surface area contributed by atoms with E-state index >= 15 is 0 Å². The van der Waals surface area contributed by atoms with E-state index in [9.17, 15) is 9.59 Å². The minimum Gasteiger partial charge on any atom is -0.349 e. The van der Waals surface area contributed by atoms with Crippen LogP contribution in [-0.2, 0) is 11.3 Å². The van der Waals surface area contributed by atoms with Crippen molar-refractivity contribution in [3.05, 3.63) is 66.6 Å². The van der Waals surface area contributed by atoms with Gasteiger partial charge in [0.25, 0.3) is 5.91 Å². The van der Waals surface area contributed by atoms with Crippen LogP contribution in [0.1, 0.15) is 23.2 Å². The van der Waals surface area contributed by atoms with E-state index in [0.717, 1.165) is 24.1 Å². The summed E-state index contributed by atoms with van der Waals surface area (Å²) >= 11 is 0. The van der Waals surface area contributed by atoms with Gasteiger partial charge in [0.1, 0.15) is 6.54 Å². The lowest BCUT2D eigenvalue weighted by molar-refractivity contribution is -0.116. The summed E-state index contributed by atoms with van der Waals surface area (Å²) in [4.78, 5) is 28.6. The maximum Gasteiger partial charge on any atom is 0.251 e. The Morgan fingerprint density at radius 3 is 2.67 bits per heavy atom. The second kappa shape index (κ2) is 7.41. The van der Waals surface area contributed by atoms with E-state index in [4.69, 9.17) is 0 Å². The second-order valence-electron chi connectivity index (χ2n) is 6.49. The molecule has 7 heteroatoms. The highest BCUT2D eigenvalue weighted by Crippen LogP contribution is 2.20. The lowest BCUT2D eigenvalue weighted by Crippen LogP contribution is -2.25. The number of carbonyl (C=O) groups is 2. The highest BCUT2D eigenvalue weighted by molar-refractivity contribution is 5.97. The predicted octanol–water partition coefficient (Wildman–Crippen LogP) is 2.48. The molecule has 0 aliphatic heterocycles. The van der Waals surface area contributed by atoms with Gasteiger partial charge >= 0.3 is 0 Å². The van der Waals surface area contributed by atoms with Crippen molar-refractivity contribution in [3.63, 3.8) is 0 Å². The number of anilines is 1. The first kappa shape index (κ1) is 17.0. The van der Waals surface area contributed by atoms with Gasteiger partial charge in [0.2, 0.25) is 5.91 Å². The molecule has 3 aromatic rings. The molecule has 1 saturated carbocycles. The Kier molecular flexibility index (Phi) is 4.65. The third kappa shape index (κ3) is 4.20. The molecule has 1 fully saturated rings. The number of carbonyl (C=O) groups excluding carboxylic acids is 2. The molecular formula is C20H19N5O2. The molecule has 1 aliphatic carbocycles. The SMILES string of the molecule is O=C(Cn1nccc1-c1ccncc1)Nc1cccc(C(=O)NC2CC2)c1. The van der Waals surface area contributed by atoms with Crippen LogP contribution in [0.15, 0.2) is 61.1 Å². The van der Waals surface area contributed by atoms with Crippen LogP contribution in [0.2, 0.25) is 0 Å². The molecule has 2 aromatic heterocycles. The minimum atomic E-state index is -0.214. The van der Waals surface area contributed by atoms with Crippen LogP contribution in [0.4, 0.5) is 5.69 Å². The van der Waals surface area contributed by atoms with E-state index in [2.05, 4.69) is 20.7 Å². The summed E-state index contributed by atoms with van der Waals surface area (Å²) in [7, 11) is 0. The van der Waals surface area contributed by atoms with Crippen molar-refractivity contribution in [1.29, 1.82) is 0 Å². The van der Waals surface area contributed by atoms with Crippen molar-refractivity contribution in [2.75, 3.05) is 5.32 Å². The van der Waals surface area contributed by atoms with Crippen LogP contribution in [0, 0.1) is 0 Å². The van der Waals surface area contributed by atoms with Gasteiger partial charge in [-0.05, 0) is 49.2 Å². The minimum absolute atomic E-state index is 0.0726. The summed E-state index contributed by atoms with van der Waals surface area (Å²) in [6.07, 6.45) is 7.12. The van der Waals surface area contributed by atoms with Gasteiger partial charge in [0, 0.05) is 41.4 Å². The van der Waals surface area contributed by atoms with Crippen LogP contribution in [0.5, 0.6) is 0 Å². The van der Waals surface area contributed by atoms with E-state index in [1.165, 1.54) is 0 Å². The largest absolute Gasteiger partial charge is 0.349 e. The van der Waals surface area contributed by atoms with Crippen LogP contribution in [0.3, 0.4) is 0 Å². The zero-order valence-corrected chi connectivity index (χ0v) is 14.6. The first-order valence-corrected chi connectivity index (χ1v) is 8.82. The van der Waals surface area contributed by atoms with Crippen molar-refractivity contribution < 1.29 is 9.59 Å². The van der Waals surface area contributed by atoms with Gasteiger partial charge in [0.05, 0.1) is 5.69 Å². The number of aromatic nitrogens is 3. The summed E-state index contributed by atoms with van der Waals surface area (Å²) in [6, 6.07) is 12.8. The quantitative estimate of drug-likeness (QED) is 0.706. The van der Waals surface area contributed by atoms with Crippen molar-refractivity contribution >= 4 is 17.5 Å². The third-order valence-corrected chi connectivity index (χ3v) is 4.31. The molecule has 0 radical (unpaired) electrons. The van der Waals surface area contributed by atoms with Crippen LogP contribution < -0.4 is 10.6 Å². The fraction of sp³-hybridized carbons (Fsp3) is 0.200. The number of amides is 2. The predicted molar refractivity (Wildman–Crippen MR) is 101 cm³/mol. The molecule has 2 heterocycles. The Morgan fingerprint density at radius 1 is 1.07 bits per heavy atom. The third-order valence-electron chi connectivity index (χ3n) is 4.31. The van der Waals surface area contributed by atoms with Gasteiger partial charge in [-0.15, -0.1) is 0 Å². The monoisotopic (exact) mass is 361 g/mol. The lowest BCUT2D eigenvalue weighted by Gasteiger charge is -2.10. The molecule has 7 nitrogen and oxygen atoms in total. The molecule has 27 heavy (non-hydrogen) atoms. The first-order chi connectivity index (χ1) is 13.2. The van der Waals surface area contributed by atoms with Gasteiger partial charge in [0.15, 0.2) is 0 Å². The van der Waals surface area contributed by atoms with Crippen LogP contribution in [-0.4, -0.2) is 32.6 Å². The van der Waals surface area contributed by atoms with Crippen LogP contribution in [0.25, 0.3) is 11.3 Å². The zero-order valence-electron chi connectivity index (χ0n) is 14.6. The molecule has 0 bridgehead atoms. The summed E-state index contributed by atoms with van der Waals surface area (Å²) in [5.74, 6) is -0.325. The van der Waals surface area contributed by atoms with E-state index in [-0.39, 0.29) is 18.4 Å². The Morgan fingerprint density at radius 2 is 1.89 bits per heavy atom. The molecule has 1 aromatic carbocycles. The van der Waals surface area contributed by atoms with E-state index < -0.39 is 0 Å². The van der Waals surface area contributed by atoms with E-state index in [1.54, 1.807) is 47.5 Å². The number of rotatable bonds is 6. The Hall–Kier alpha value is -3.48. The standard InChI is InChI=1S/C20H19N5O2/c26-19(13-25-18(8-11-22-25)14-6-9-21-10-7-14)23-17-3-1-2-15(12-17)20(27)24-16-4-5-16/h1-3,6-12,16H,4-5,13H2,(H,23,26)(H,24,27). The summed E-state index contributed by atoms with van der Waals surface area (Å²) < 4.78 is 1.63. The normalized spacial score (nSPS) is 13.2. The maximum absolute atomic E-state index is 12.4. The number of pyridine rings is 1. The number of hydrogen-bond donors (Lipinski definition) is 2. The van der Waals surface area contributed by atoms with E-state index in [1.807, 2.05) is 18.2 Å². The molecule has 2 amide bonds.